The van der Waals surface area contributed by atoms with Gasteiger partial charge in [-0.05, 0) is 15.9 Å². The summed E-state index contributed by atoms with van der Waals surface area (Å²) in [6.45, 7) is 0. The number of pyridine rings is 1. The standard InChI is InChI=1S/C7H3BrClF2NO2/c8-3-4(9)2(7(13)14)1-12-5(3)6(10)11/h1,6H,(H,13,14). The van der Waals surface area contributed by atoms with Crippen molar-refractivity contribution in [1.82, 2.24) is 4.98 Å². The molecule has 1 rings (SSSR count). The van der Waals surface area contributed by atoms with Crippen LogP contribution >= 0.6 is 27.5 Å². The van der Waals surface area contributed by atoms with Crippen molar-refractivity contribution in [1.29, 1.82) is 0 Å². The average molecular weight is 286 g/mol. The first-order valence-corrected chi connectivity index (χ1v) is 4.47. The Kier molecular flexibility index (Phi) is 3.38. The molecular formula is C7H3BrClF2NO2. The molecule has 14 heavy (non-hydrogen) atoms. The Morgan fingerprint density at radius 1 is 1.64 bits per heavy atom. The van der Waals surface area contributed by atoms with E-state index in [9.17, 15) is 13.6 Å². The molecule has 7 heteroatoms. The van der Waals surface area contributed by atoms with Crippen molar-refractivity contribution in [2.45, 2.75) is 6.43 Å². The van der Waals surface area contributed by atoms with Crippen LogP contribution < -0.4 is 0 Å². The fourth-order valence-electron chi connectivity index (χ4n) is 0.779. The SMILES string of the molecule is O=C(O)c1cnc(C(F)F)c(Br)c1Cl. The van der Waals surface area contributed by atoms with E-state index in [0.29, 0.717) is 0 Å². The number of alkyl halides is 2. The van der Waals surface area contributed by atoms with Crippen LogP contribution in [0.15, 0.2) is 10.7 Å². The summed E-state index contributed by atoms with van der Waals surface area (Å²) >= 11 is 8.30. The number of nitrogens with zero attached hydrogens (tertiary/aromatic N) is 1. The number of carbonyl (C=O) groups is 1. The number of halogens is 4. The smallest absolute Gasteiger partial charge is 0.338 e. The minimum Gasteiger partial charge on any atom is -0.478 e. The van der Waals surface area contributed by atoms with Crippen LogP contribution in [-0.4, -0.2) is 16.1 Å². The van der Waals surface area contributed by atoms with Gasteiger partial charge < -0.3 is 5.11 Å². The van der Waals surface area contributed by atoms with Crippen LogP contribution in [0, 0.1) is 0 Å². The minimum atomic E-state index is -2.80. The molecule has 0 spiro atoms. The third-order valence-electron chi connectivity index (χ3n) is 1.42. The zero-order valence-corrected chi connectivity index (χ0v) is 8.81. The molecule has 0 aliphatic heterocycles. The second-order valence-corrected chi connectivity index (χ2v) is 3.46. The first kappa shape index (κ1) is 11.3. The van der Waals surface area contributed by atoms with Gasteiger partial charge in [0.25, 0.3) is 6.43 Å². The molecule has 0 aliphatic carbocycles. The van der Waals surface area contributed by atoms with E-state index in [2.05, 4.69) is 20.9 Å². The van der Waals surface area contributed by atoms with E-state index in [4.69, 9.17) is 16.7 Å². The van der Waals surface area contributed by atoms with Gasteiger partial charge >= 0.3 is 5.97 Å². The molecule has 0 amide bonds. The molecule has 1 heterocycles. The van der Waals surface area contributed by atoms with Crippen LogP contribution in [-0.2, 0) is 0 Å². The van der Waals surface area contributed by atoms with Crippen molar-refractivity contribution in [2.75, 3.05) is 0 Å². The van der Waals surface area contributed by atoms with Gasteiger partial charge in [0.15, 0.2) is 0 Å². The van der Waals surface area contributed by atoms with Gasteiger partial charge in [-0.2, -0.15) is 0 Å². The number of hydrogen-bond acceptors (Lipinski definition) is 2. The zero-order chi connectivity index (χ0) is 10.9. The van der Waals surface area contributed by atoms with Crippen LogP contribution in [0.1, 0.15) is 22.5 Å². The lowest BCUT2D eigenvalue weighted by Gasteiger charge is -2.05. The number of hydrogen-bond donors (Lipinski definition) is 1. The van der Waals surface area contributed by atoms with Crippen LogP contribution in [0.4, 0.5) is 8.78 Å². The molecule has 3 nitrogen and oxygen atoms in total. The topological polar surface area (TPSA) is 50.2 Å². The first-order chi connectivity index (χ1) is 6.45. The number of rotatable bonds is 2. The van der Waals surface area contributed by atoms with E-state index in [1.165, 1.54) is 0 Å². The highest BCUT2D eigenvalue weighted by Gasteiger charge is 2.20. The third kappa shape index (κ3) is 2.01. The first-order valence-electron chi connectivity index (χ1n) is 3.30. The quantitative estimate of drug-likeness (QED) is 0.908. The van der Waals surface area contributed by atoms with E-state index in [0.717, 1.165) is 6.20 Å². The Balaban J connectivity index is 3.33. The lowest BCUT2D eigenvalue weighted by Crippen LogP contribution is -2.02. The van der Waals surface area contributed by atoms with Gasteiger partial charge in [0.1, 0.15) is 5.69 Å². The molecule has 76 valence electrons. The summed E-state index contributed by atoms with van der Waals surface area (Å²) in [7, 11) is 0. The van der Waals surface area contributed by atoms with E-state index < -0.39 is 18.1 Å². The maximum atomic E-state index is 12.2. The molecule has 0 radical (unpaired) electrons. The molecule has 0 aliphatic rings. The van der Waals surface area contributed by atoms with Gasteiger partial charge in [0, 0.05) is 6.20 Å². The van der Waals surface area contributed by atoms with Gasteiger partial charge in [0.2, 0.25) is 0 Å². The summed E-state index contributed by atoms with van der Waals surface area (Å²) in [4.78, 5) is 13.8. The molecule has 1 aromatic rings. The Morgan fingerprint density at radius 2 is 2.21 bits per heavy atom. The number of aromatic nitrogens is 1. The van der Waals surface area contributed by atoms with Crippen molar-refractivity contribution in [3.05, 3.63) is 26.9 Å². The molecule has 0 unspecified atom stereocenters. The third-order valence-corrected chi connectivity index (χ3v) is 2.85. The lowest BCUT2D eigenvalue weighted by molar-refractivity contribution is 0.0695. The Morgan fingerprint density at radius 3 is 2.64 bits per heavy atom. The van der Waals surface area contributed by atoms with Crippen LogP contribution in [0.5, 0.6) is 0 Å². The highest BCUT2D eigenvalue weighted by Crippen LogP contribution is 2.33. The Hall–Kier alpha value is -0.750. The fraction of sp³-hybridized carbons (Fsp3) is 0.143. The van der Waals surface area contributed by atoms with Crippen molar-refractivity contribution >= 4 is 33.5 Å². The predicted octanol–water partition coefficient (Wildman–Crippen LogP) is 3.13. The normalized spacial score (nSPS) is 10.6. The summed E-state index contributed by atoms with van der Waals surface area (Å²) in [5, 5.41) is 8.31. The second-order valence-electron chi connectivity index (χ2n) is 2.29. The average Bonchev–Trinajstić information content (AvgIpc) is 2.08. The van der Waals surface area contributed by atoms with Crippen molar-refractivity contribution in [3.63, 3.8) is 0 Å². The molecule has 0 aromatic carbocycles. The molecule has 1 N–H and O–H groups in total. The van der Waals surface area contributed by atoms with Gasteiger partial charge in [-0.3, -0.25) is 4.98 Å². The molecule has 0 saturated carbocycles. The Labute approximate surface area is 90.8 Å². The maximum Gasteiger partial charge on any atom is 0.338 e. The maximum absolute atomic E-state index is 12.2. The van der Waals surface area contributed by atoms with Crippen LogP contribution in [0.2, 0.25) is 5.02 Å². The molecule has 0 bridgehead atoms. The number of carboxylic acid groups (broad SMARTS) is 1. The largest absolute Gasteiger partial charge is 0.478 e. The van der Waals surface area contributed by atoms with E-state index in [1.807, 2.05) is 0 Å². The van der Waals surface area contributed by atoms with Crippen LogP contribution in [0.3, 0.4) is 0 Å². The fourth-order valence-corrected chi connectivity index (χ4v) is 1.49. The predicted molar refractivity (Wildman–Crippen MR) is 48.9 cm³/mol. The summed E-state index contributed by atoms with van der Waals surface area (Å²) < 4.78 is 24.3. The van der Waals surface area contributed by atoms with Crippen LogP contribution in [0.25, 0.3) is 0 Å². The molecule has 0 atom stereocenters. The lowest BCUT2D eigenvalue weighted by atomic mass is 10.2. The summed E-state index contributed by atoms with van der Waals surface area (Å²) in [6, 6.07) is 0. The van der Waals surface area contributed by atoms with Gasteiger partial charge in [-0.25, -0.2) is 13.6 Å². The highest BCUT2D eigenvalue weighted by molar-refractivity contribution is 9.10. The summed E-state index contributed by atoms with van der Waals surface area (Å²) in [6.07, 6.45) is -2.00. The van der Waals surface area contributed by atoms with Crippen molar-refractivity contribution in [3.8, 4) is 0 Å². The molecule has 0 fully saturated rings. The molecule has 1 aromatic heterocycles. The summed E-state index contributed by atoms with van der Waals surface area (Å²) in [5.41, 5.74) is -0.886. The monoisotopic (exact) mass is 285 g/mol. The number of aromatic carboxylic acids is 1. The second kappa shape index (κ2) is 4.18. The van der Waals surface area contributed by atoms with E-state index in [1.54, 1.807) is 0 Å². The number of carboxylic acids is 1. The van der Waals surface area contributed by atoms with Crippen molar-refractivity contribution < 1.29 is 18.7 Å². The highest BCUT2D eigenvalue weighted by atomic mass is 79.9. The molecular weight excluding hydrogens is 283 g/mol. The van der Waals surface area contributed by atoms with E-state index in [-0.39, 0.29) is 15.1 Å². The van der Waals surface area contributed by atoms with Gasteiger partial charge in [-0.1, -0.05) is 11.6 Å². The summed E-state index contributed by atoms with van der Waals surface area (Å²) in [5.74, 6) is -1.32. The van der Waals surface area contributed by atoms with Gasteiger partial charge in [0.05, 0.1) is 15.1 Å². The van der Waals surface area contributed by atoms with E-state index >= 15 is 0 Å². The van der Waals surface area contributed by atoms with Gasteiger partial charge in [-0.15, -0.1) is 0 Å². The molecule has 0 saturated heterocycles. The Bertz CT molecular complexity index is 386. The zero-order valence-electron chi connectivity index (χ0n) is 6.47. The van der Waals surface area contributed by atoms with Crippen molar-refractivity contribution in [2.24, 2.45) is 0 Å². The minimum absolute atomic E-state index is 0.186.